The monoisotopic (exact) mass is 184 g/mol. The van der Waals surface area contributed by atoms with Crippen LogP contribution in [0.3, 0.4) is 0 Å². The van der Waals surface area contributed by atoms with E-state index in [0.717, 1.165) is 13.1 Å². The molecule has 3 heteroatoms. The second-order valence-corrected chi connectivity index (χ2v) is 4.00. The van der Waals surface area contributed by atoms with Crippen LogP contribution in [-0.4, -0.2) is 43.9 Å². The number of nitrogens with one attached hydrogen (secondary N) is 1. The highest BCUT2D eigenvalue weighted by Gasteiger charge is 2.31. The van der Waals surface area contributed by atoms with Crippen LogP contribution < -0.4 is 5.32 Å². The number of nitrogens with zero attached hydrogens (tertiary/aromatic N) is 1. The van der Waals surface area contributed by atoms with Gasteiger partial charge >= 0.3 is 0 Å². The lowest BCUT2D eigenvalue weighted by atomic mass is 9.87. The third kappa shape index (κ3) is 2.51. The molecule has 1 fully saturated rings. The molecule has 0 amide bonds. The average Bonchev–Trinajstić information content (AvgIpc) is 2.04. The molecule has 1 saturated heterocycles. The molecule has 0 radical (unpaired) electrons. The molecule has 76 valence electrons. The van der Waals surface area contributed by atoms with Crippen molar-refractivity contribution in [3.8, 4) is 0 Å². The number of piperidine rings is 1. The van der Waals surface area contributed by atoms with Crippen molar-refractivity contribution in [3.05, 3.63) is 0 Å². The maximum absolute atomic E-state index is 11.4. The molecule has 0 aromatic carbocycles. The molecular formula is C10H20N2O. The van der Waals surface area contributed by atoms with E-state index < -0.39 is 0 Å². The van der Waals surface area contributed by atoms with E-state index in [1.54, 1.807) is 6.92 Å². The molecule has 0 aromatic rings. The van der Waals surface area contributed by atoms with Crippen molar-refractivity contribution in [1.29, 1.82) is 0 Å². The summed E-state index contributed by atoms with van der Waals surface area (Å²) in [7, 11) is 4.00. The molecule has 0 aliphatic carbocycles. The van der Waals surface area contributed by atoms with Gasteiger partial charge in [0.1, 0.15) is 5.78 Å². The van der Waals surface area contributed by atoms with Gasteiger partial charge in [-0.3, -0.25) is 9.69 Å². The summed E-state index contributed by atoms with van der Waals surface area (Å²) >= 11 is 0. The summed E-state index contributed by atoms with van der Waals surface area (Å²) in [5, 5.41) is 3.16. The van der Waals surface area contributed by atoms with Crippen LogP contribution in [0.1, 0.15) is 19.8 Å². The van der Waals surface area contributed by atoms with Gasteiger partial charge in [-0.15, -0.1) is 0 Å². The van der Waals surface area contributed by atoms with Gasteiger partial charge in [0.15, 0.2) is 0 Å². The Balaban J connectivity index is 2.62. The van der Waals surface area contributed by atoms with Crippen molar-refractivity contribution in [2.24, 2.45) is 5.92 Å². The summed E-state index contributed by atoms with van der Waals surface area (Å²) in [6, 6.07) is 0.140. The summed E-state index contributed by atoms with van der Waals surface area (Å²) in [5.74, 6) is 0.809. The fourth-order valence-corrected chi connectivity index (χ4v) is 2.38. The smallest absolute Gasteiger partial charge is 0.147 e. The first-order chi connectivity index (χ1) is 6.16. The van der Waals surface area contributed by atoms with E-state index >= 15 is 0 Å². The van der Waals surface area contributed by atoms with E-state index in [-0.39, 0.29) is 6.04 Å². The molecule has 1 heterocycles. The molecule has 2 atom stereocenters. The van der Waals surface area contributed by atoms with Gasteiger partial charge < -0.3 is 5.32 Å². The quantitative estimate of drug-likeness (QED) is 0.693. The van der Waals surface area contributed by atoms with Crippen LogP contribution >= 0.6 is 0 Å². The lowest BCUT2D eigenvalue weighted by molar-refractivity contribution is -0.124. The summed E-state index contributed by atoms with van der Waals surface area (Å²) in [6.07, 6.45) is 2.39. The zero-order chi connectivity index (χ0) is 9.84. The predicted octanol–water partition coefficient (Wildman–Crippen LogP) is 0.505. The van der Waals surface area contributed by atoms with Crippen molar-refractivity contribution < 1.29 is 4.79 Å². The van der Waals surface area contributed by atoms with E-state index in [1.807, 2.05) is 14.1 Å². The number of ketones is 1. The first-order valence-electron chi connectivity index (χ1n) is 5.02. The first-order valence-corrected chi connectivity index (χ1v) is 5.02. The van der Waals surface area contributed by atoms with Gasteiger partial charge in [0.05, 0.1) is 6.04 Å². The number of carbonyl (C=O) groups is 1. The van der Waals surface area contributed by atoms with Crippen molar-refractivity contribution in [3.63, 3.8) is 0 Å². The van der Waals surface area contributed by atoms with Gasteiger partial charge in [0.2, 0.25) is 0 Å². The Morgan fingerprint density at radius 1 is 1.62 bits per heavy atom. The van der Waals surface area contributed by atoms with Gasteiger partial charge in [-0.25, -0.2) is 0 Å². The molecule has 0 spiro atoms. The van der Waals surface area contributed by atoms with E-state index in [9.17, 15) is 4.79 Å². The Hall–Kier alpha value is -0.410. The summed E-state index contributed by atoms with van der Waals surface area (Å²) < 4.78 is 0. The van der Waals surface area contributed by atoms with E-state index in [0.29, 0.717) is 11.7 Å². The molecule has 1 aliphatic heterocycles. The third-order valence-electron chi connectivity index (χ3n) is 2.89. The Labute approximate surface area is 80.5 Å². The molecule has 0 saturated carbocycles. The Morgan fingerprint density at radius 2 is 2.31 bits per heavy atom. The number of likely N-dealkylation sites (N-methyl/N-ethyl adjacent to an activating group) is 1. The zero-order valence-electron chi connectivity index (χ0n) is 8.84. The van der Waals surface area contributed by atoms with Crippen LogP contribution in [0.5, 0.6) is 0 Å². The molecular weight excluding hydrogens is 164 g/mol. The topological polar surface area (TPSA) is 32.3 Å². The molecule has 2 unspecified atom stereocenters. The highest BCUT2D eigenvalue weighted by atomic mass is 16.1. The molecule has 0 bridgehead atoms. The second-order valence-electron chi connectivity index (χ2n) is 4.00. The molecule has 1 N–H and O–H groups in total. The highest BCUT2D eigenvalue weighted by Crippen LogP contribution is 2.22. The van der Waals surface area contributed by atoms with Gasteiger partial charge in [0.25, 0.3) is 0 Å². The van der Waals surface area contributed by atoms with Crippen molar-refractivity contribution in [1.82, 2.24) is 10.2 Å². The number of hydrogen-bond acceptors (Lipinski definition) is 3. The number of hydrogen-bond donors (Lipinski definition) is 1. The Kier molecular flexibility index (Phi) is 3.88. The maximum Gasteiger partial charge on any atom is 0.147 e. The summed E-state index contributed by atoms with van der Waals surface area (Å²) in [6.45, 7) is 3.72. The Morgan fingerprint density at radius 3 is 2.85 bits per heavy atom. The minimum Gasteiger partial charge on any atom is -0.319 e. The number of rotatable bonds is 3. The van der Waals surface area contributed by atoms with Crippen LogP contribution in [0.15, 0.2) is 0 Å². The molecule has 3 nitrogen and oxygen atoms in total. The van der Waals surface area contributed by atoms with E-state index in [1.165, 1.54) is 12.8 Å². The normalized spacial score (nSPS) is 30.4. The predicted molar refractivity (Wildman–Crippen MR) is 53.7 cm³/mol. The summed E-state index contributed by atoms with van der Waals surface area (Å²) in [5.41, 5.74) is 0. The van der Waals surface area contributed by atoms with Crippen molar-refractivity contribution in [2.45, 2.75) is 25.8 Å². The number of Topliss-reactive ketones (excluding diaryl/α,β-unsaturated/α-hetero) is 1. The molecule has 0 aromatic heterocycles. The van der Waals surface area contributed by atoms with Gasteiger partial charge in [-0.05, 0) is 52.9 Å². The maximum atomic E-state index is 11.4. The number of carbonyl (C=O) groups excluding carboxylic acids is 1. The third-order valence-corrected chi connectivity index (χ3v) is 2.89. The lowest BCUT2D eigenvalue weighted by Crippen LogP contribution is -2.49. The van der Waals surface area contributed by atoms with E-state index in [2.05, 4.69) is 10.2 Å². The molecule has 1 rings (SSSR count). The van der Waals surface area contributed by atoms with Crippen LogP contribution in [0.25, 0.3) is 0 Å². The van der Waals surface area contributed by atoms with Gasteiger partial charge in [-0.2, -0.15) is 0 Å². The molecule has 1 aliphatic rings. The fraction of sp³-hybridized carbons (Fsp3) is 0.900. The van der Waals surface area contributed by atoms with Crippen LogP contribution in [0.2, 0.25) is 0 Å². The standard InChI is InChI=1S/C10H20N2O/c1-8(13)10-9(7-11-2)5-4-6-12(10)3/h9-11H,4-7H2,1-3H3. The fourth-order valence-electron chi connectivity index (χ4n) is 2.38. The van der Waals surface area contributed by atoms with Crippen LogP contribution in [0, 0.1) is 5.92 Å². The van der Waals surface area contributed by atoms with Crippen LogP contribution in [-0.2, 0) is 4.79 Å². The lowest BCUT2D eigenvalue weighted by Gasteiger charge is -2.37. The van der Waals surface area contributed by atoms with Crippen molar-refractivity contribution in [2.75, 3.05) is 27.2 Å². The average molecular weight is 184 g/mol. The SMILES string of the molecule is CNCC1CCCN(C)C1C(C)=O. The minimum absolute atomic E-state index is 0.140. The number of likely N-dealkylation sites (tertiary alicyclic amines) is 1. The van der Waals surface area contributed by atoms with Gasteiger partial charge in [0, 0.05) is 0 Å². The largest absolute Gasteiger partial charge is 0.319 e. The Bertz CT molecular complexity index is 180. The molecule has 13 heavy (non-hydrogen) atoms. The minimum atomic E-state index is 0.140. The first kappa shape index (κ1) is 10.7. The highest BCUT2D eigenvalue weighted by molar-refractivity contribution is 5.81. The van der Waals surface area contributed by atoms with Gasteiger partial charge in [-0.1, -0.05) is 0 Å². The zero-order valence-corrected chi connectivity index (χ0v) is 8.84. The summed E-state index contributed by atoms with van der Waals surface area (Å²) in [4.78, 5) is 13.6. The second kappa shape index (κ2) is 4.72. The van der Waals surface area contributed by atoms with Crippen LogP contribution in [0.4, 0.5) is 0 Å². The van der Waals surface area contributed by atoms with E-state index in [4.69, 9.17) is 0 Å². The van der Waals surface area contributed by atoms with Crippen molar-refractivity contribution >= 4 is 5.78 Å².